The number of nitrogens with zero attached hydrogens (tertiary/aromatic N) is 3. The first-order valence-corrected chi connectivity index (χ1v) is 7.52. The monoisotopic (exact) mass is 291 g/mol. The van der Waals surface area contributed by atoms with Crippen molar-refractivity contribution in [2.24, 2.45) is 5.92 Å². The van der Waals surface area contributed by atoms with Crippen LogP contribution >= 0.6 is 0 Å². The van der Waals surface area contributed by atoms with Crippen LogP contribution in [0.5, 0.6) is 5.75 Å². The Morgan fingerprint density at radius 3 is 2.68 bits per heavy atom. The molecule has 0 spiro atoms. The van der Waals surface area contributed by atoms with E-state index < -0.39 is 0 Å². The summed E-state index contributed by atoms with van der Waals surface area (Å²) >= 11 is 0. The Morgan fingerprint density at radius 2 is 1.95 bits per heavy atom. The van der Waals surface area contributed by atoms with Gasteiger partial charge in [0.1, 0.15) is 5.75 Å². The van der Waals surface area contributed by atoms with E-state index in [2.05, 4.69) is 16.7 Å². The van der Waals surface area contributed by atoms with Crippen molar-refractivity contribution in [3.05, 3.63) is 60.4 Å². The molecule has 1 aromatic carbocycles. The minimum Gasteiger partial charge on any atom is -0.508 e. The highest BCUT2D eigenvalue weighted by atomic mass is 16.3. The minimum atomic E-state index is 0.260. The first kappa shape index (κ1) is 13.1. The number of hydrogen-bond acceptors (Lipinski definition) is 3. The van der Waals surface area contributed by atoms with E-state index >= 15 is 0 Å². The van der Waals surface area contributed by atoms with Gasteiger partial charge in [0, 0.05) is 12.0 Å². The third-order valence-corrected chi connectivity index (χ3v) is 4.11. The molecule has 1 fully saturated rings. The van der Waals surface area contributed by atoms with Gasteiger partial charge in [-0.3, -0.25) is 0 Å². The number of hydrogen-bond donors (Lipinski definition) is 1. The number of aromatic nitrogens is 3. The Bertz CT molecular complexity index is 844. The number of aromatic hydroxyl groups is 1. The number of pyridine rings is 1. The molecule has 0 saturated heterocycles. The summed E-state index contributed by atoms with van der Waals surface area (Å²) in [6.45, 7) is 4.16. The lowest BCUT2D eigenvalue weighted by molar-refractivity contribution is 0.475. The summed E-state index contributed by atoms with van der Waals surface area (Å²) in [5.74, 6) is 1.75. The Labute approximate surface area is 128 Å². The maximum atomic E-state index is 9.43. The minimum absolute atomic E-state index is 0.260. The maximum Gasteiger partial charge on any atom is 0.156 e. The van der Waals surface area contributed by atoms with Crippen molar-refractivity contribution in [1.82, 2.24) is 14.6 Å². The Morgan fingerprint density at radius 1 is 1.18 bits per heavy atom. The molecule has 0 atom stereocenters. The van der Waals surface area contributed by atoms with Gasteiger partial charge in [-0.05, 0) is 55.2 Å². The van der Waals surface area contributed by atoms with Gasteiger partial charge in [0.15, 0.2) is 11.5 Å². The molecule has 110 valence electrons. The van der Waals surface area contributed by atoms with Crippen LogP contribution in [0.25, 0.3) is 16.9 Å². The zero-order valence-electron chi connectivity index (χ0n) is 12.2. The van der Waals surface area contributed by atoms with E-state index in [0.717, 1.165) is 29.1 Å². The van der Waals surface area contributed by atoms with Crippen LogP contribution in [0.15, 0.2) is 54.6 Å². The van der Waals surface area contributed by atoms with Crippen LogP contribution in [0.1, 0.15) is 18.7 Å². The van der Waals surface area contributed by atoms with Gasteiger partial charge in [0.25, 0.3) is 0 Å². The molecule has 1 N–H and O–H groups in total. The summed E-state index contributed by atoms with van der Waals surface area (Å²) in [6, 6.07) is 13.1. The standard InChI is InChI=1S/C18H17N3O/c1-12(13-5-6-13)11-17-19-18-4-2-3-16(21(18)20-17)14-7-9-15(22)10-8-14/h2-4,7-10,13,22H,1,5-6,11H2. The topological polar surface area (TPSA) is 50.4 Å². The average Bonchev–Trinajstić information content (AvgIpc) is 3.28. The molecule has 0 unspecified atom stereocenters. The molecular weight excluding hydrogens is 274 g/mol. The normalized spacial score (nSPS) is 14.4. The van der Waals surface area contributed by atoms with Crippen molar-refractivity contribution in [2.45, 2.75) is 19.3 Å². The van der Waals surface area contributed by atoms with Gasteiger partial charge in [-0.1, -0.05) is 18.2 Å². The molecule has 22 heavy (non-hydrogen) atoms. The molecule has 0 radical (unpaired) electrons. The van der Waals surface area contributed by atoms with Crippen molar-refractivity contribution < 1.29 is 5.11 Å². The van der Waals surface area contributed by atoms with Crippen LogP contribution < -0.4 is 0 Å². The molecule has 0 aliphatic heterocycles. The van der Waals surface area contributed by atoms with Gasteiger partial charge >= 0.3 is 0 Å². The van der Waals surface area contributed by atoms with E-state index in [-0.39, 0.29) is 5.75 Å². The second-order valence-corrected chi connectivity index (χ2v) is 5.87. The number of phenols is 1. The van der Waals surface area contributed by atoms with E-state index in [1.807, 2.05) is 34.8 Å². The van der Waals surface area contributed by atoms with Crippen LogP contribution in [-0.4, -0.2) is 19.7 Å². The largest absolute Gasteiger partial charge is 0.508 e. The molecule has 3 aromatic rings. The lowest BCUT2D eigenvalue weighted by Crippen LogP contribution is -1.96. The number of benzene rings is 1. The lowest BCUT2D eigenvalue weighted by atomic mass is 10.1. The number of allylic oxidation sites excluding steroid dienone is 1. The van der Waals surface area contributed by atoms with Crippen molar-refractivity contribution in [3.63, 3.8) is 0 Å². The van der Waals surface area contributed by atoms with Gasteiger partial charge in [-0.15, -0.1) is 0 Å². The van der Waals surface area contributed by atoms with Gasteiger partial charge in [-0.25, -0.2) is 9.50 Å². The zero-order chi connectivity index (χ0) is 15.1. The summed E-state index contributed by atoms with van der Waals surface area (Å²) in [5.41, 5.74) is 4.04. The van der Waals surface area contributed by atoms with Crippen molar-refractivity contribution in [2.75, 3.05) is 0 Å². The fraction of sp³-hybridized carbons (Fsp3) is 0.222. The van der Waals surface area contributed by atoms with Crippen LogP contribution in [0.4, 0.5) is 0 Å². The van der Waals surface area contributed by atoms with Crippen LogP contribution in [-0.2, 0) is 6.42 Å². The molecule has 0 bridgehead atoms. The summed E-state index contributed by atoms with van der Waals surface area (Å²) in [6.07, 6.45) is 3.26. The second kappa shape index (κ2) is 4.98. The molecule has 4 nitrogen and oxygen atoms in total. The summed E-state index contributed by atoms with van der Waals surface area (Å²) in [7, 11) is 0. The number of rotatable bonds is 4. The Balaban J connectivity index is 1.74. The average molecular weight is 291 g/mol. The zero-order valence-corrected chi connectivity index (χ0v) is 12.2. The van der Waals surface area contributed by atoms with Crippen molar-refractivity contribution in [3.8, 4) is 17.0 Å². The summed E-state index contributed by atoms with van der Waals surface area (Å²) in [4.78, 5) is 4.61. The highest BCUT2D eigenvalue weighted by molar-refractivity contribution is 5.63. The summed E-state index contributed by atoms with van der Waals surface area (Å²) < 4.78 is 1.86. The molecule has 1 saturated carbocycles. The third kappa shape index (κ3) is 2.37. The van der Waals surface area contributed by atoms with E-state index in [4.69, 9.17) is 0 Å². The molecule has 1 aliphatic carbocycles. The predicted octanol–water partition coefficient (Wildman–Crippen LogP) is 3.61. The fourth-order valence-electron chi connectivity index (χ4n) is 2.71. The predicted molar refractivity (Wildman–Crippen MR) is 85.7 cm³/mol. The second-order valence-electron chi connectivity index (χ2n) is 5.87. The molecule has 0 amide bonds. The molecule has 2 aromatic heterocycles. The van der Waals surface area contributed by atoms with Crippen LogP contribution in [0.3, 0.4) is 0 Å². The Hall–Kier alpha value is -2.62. The molecule has 1 aliphatic rings. The SMILES string of the molecule is C=C(Cc1nc2cccc(-c3ccc(O)cc3)n2n1)C1CC1. The van der Waals surface area contributed by atoms with E-state index in [1.165, 1.54) is 18.4 Å². The van der Waals surface area contributed by atoms with E-state index in [0.29, 0.717) is 5.92 Å². The van der Waals surface area contributed by atoms with Gasteiger partial charge < -0.3 is 5.11 Å². The first-order valence-electron chi connectivity index (χ1n) is 7.52. The molecule has 2 heterocycles. The van der Waals surface area contributed by atoms with Crippen molar-refractivity contribution >= 4 is 5.65 Å². The maximum absolute atomic E-state index is 9.43. The molecular formula is C18H17N3O. The van der Waals surface area contributed by atoms with Crippen LogP contribution in [0, 0.1) is 5.92 Å². The molecule has 4 heteroatoms. The first-order chi connectivity index (χ1) is 10.7. The third-order valence-electron chi connectivity index (χ3n) is 4.11. The van der Waals surface area contributed by atoms with Gasteiger partial charge in [0.2, 0.25) is 0 Å². The Kier molecular flexibility index (Phi) is 2.96. The lowest BCUT2D eigenvalue weighted by Gasteiger charge is -2.04. The van der Waals surface area contributed by atoms with Gasteiger partial charge in [0.05, 0.1) is 5.69 Å². The smallest absolute Gasteiger partial charge is 0.156 e. The number of phenolic OH excluding ortho intramolecular Hbond substituents is 1. The highest BCUT2D eigenvalue weighted by Crippen LogP contribution is 2.36. The summed E-state index contributed by atoms with van der Waals surface area (Å²) in [5, 5.41) is 14.1. The fourth-order valence-corrected chi connectivity index (χ4v) is 2.71. The van der Waals surface area contributed by atoms with Crippen LogP contribution in [0.2, 0.25) is 0 Å². The van der Waals surface area contributed by atoms with E-state index in [1.54, 1.807) is 12.1 Å². The van der Waals surface area contributed by atoms with E-state index in [9.17, 15) is 5.11 Å². The highest BCUT2D eigenvalue weighted by Gasteiger charge is 2.25. The van der Waals surface area contributed by atoms with Crippen molar-refractivity contribution in [1.29, 1.82) is 0 Å². The number of fused-ring (bicyclic) bond motifs is 1. The van der Waals surface area contributed by atoms with Gasteiger partial charge in [-0.2, -0.15) is 5.10 Å². The molecule has 4 rings (SSSR count). The quantitative estimate of drug-likeness (QED) is 0.747.